The number of rotatable bonds is 3. The van der Waals surface area contributed by atoms with E-state index >= 15 is 0 Å². The molecule has 0 spiro atoms. The van der Waals surface area contributed by atoms with Crippen LogP contribution in [0.2, 0.25) is 5.02 Å². The van der Waals surface area contributed by atoms with E-state index in [4.69, 9.17) is 11.6 Å². The van der Waals surface area contributed by atoms with Crippen LogP contribution in [0.5, 0.6) is 0 Å². The van der Waals surface area contributed by atoms with Crippen LogP contribution in [0.3, 0.4) is 0 Å². The average molecular weight is 294 g/mol. The van der Waals surface area contributed by atoms with Gasteiger partial charge in [-0.25, -0.2) is 0 Å². The number of nitro benzene ring substituents is 1. The maximum Gasteiger partial charge on any atom is 0.301 e. The molecular weight excluding hydrogens is 282 g/mol. The van der Waals surface area contributed by atoms with Crippen molar-refractivity contribution in [2.75, 3.05) is 0 Å². The van der Waals surface area contributed by atoms with Crippen LogP contribution in [-0.2, 0) is 0 Å². The van der Waals surface area contributed by atoms with Gasteiger partial charge in [0, 0.05) is 4.90 Å². The number of nitro groups is 1. The highest BCUT2D eigenvalue weighted by Crippen LogP contribution is 2.39. The molecule has 0 aliphatic carbocycles. The van der Waals surface area contributed by atoms with Crippen LogP contribution in [0.1, 0.15) is 11.1 Å². The summed E-state index contributed by atoms with van der Waals surface area (Å²) in [6, 6.07) is 10.9. The second-order valence-electron chi connectivity index (χ2n) is 4.19. The van der Waals surface area contributed by atoms with E-state index in [1.165, 1.54) is 23.4 Å². The molecule has 0 N–H and O–H groups in total. The molecule has 2 aromatic carbocycles. The Morgan fingerprint density at radius 2 is 1.89 bits per heavy atom. The summed E-state index contributed by atoms with van der Waals surface area (Å²) in [5, 5.41) is 11.2. The fraction of sp³-hybridized carbons (Fsp3) is 0.143. The van der Waals surface area contributed by atoms with Gasteiger partial charge in [0.15, 0.2) is 0 Å². The summed E-state index contributed by atoms with van der Waals surface area (Å²) < 4.78 is 0. The molecular formula is C14H12ClNO2S. The number of benzene rings is 2. The number of hydrogen-bond donors (Lipinski definition) is 0. The predicted molar refractivity (Wildman–Crippen MR) is 78.1 cm³/mol. The SMILES string of the molecule is Cc1ccc(Sc2cccc(Cl)c2[N+](=O)[O-])cc1C. The zero-order chi connectivity index (χ0) is 14.0. The molecule has 0 radical (unpaired) electrons. The first-order valence-corrected chi connectivity index (χ1v) is 6.86. The number of nitrogens with zero attached hydrogens (tertiary/aromatic N) is 1. The van der Waals surface area contributed by atoms with E-state index in [9.17, 15) is 10.1 Å². The van der Waals surface area contributed by atoms with Crippen LogP contribution in [-0.4, -0.2) is 4.92 Å². The van der Waals surface area contributed by atoms with Crippen molar-refractivity contribution in [1.82, 2.24) is 0 Å². The number of para-hydroxylation sites is 1. The van der Waals surface area contributed by atoms with Gasteiger partial charge in [0.2, 0.25) is 0 Å². The van der Waals surface area contributed by atoms with Crippen molar-refractivity contribution in [3.8, 4) is 0 Å². The first-order chi connectivity index (χ1) is 8.99. The lowest BCUT2D eigenvalue weighted by Gasteiger charge is -2.06. The molecule has 2 rings (SSSR count). The van der Waals surface area contributed by atoms with Crippen LogP contribution in [0.25, 0.3) is 0 Å². The molecule has 0 heterocycles. The van der Waals surface area contributed by atoms with E-state index < -0.39 is 4.92 Å². The largest absolute Gasteiger partial charge is 0.301 e. The van der Waals surface area contributed by atoms with E-state index in [1.807, 2.05) is 32.0 Å². The minimum absolute atomic E-state index is 0.0348. The first kappa shape index (κ1) is 13.9. The topological polar surface area (TPSA) is 43.1 Å². The first-order valence-electron chi connectivity index (χ1n) is 5.67. The van der Waals surface area contributed by atoms with E-state index in [1.54, 1.807) is 12.1 Å². The Morgan fingerprint density at radius 1 is 1.16 bits per heavy atom. The molecule has 3 nitrogen and oxygen atoms in total. The van der Waals surface area contributed by atoms with Crippen molar-refractivity contribution >= 4 is 29.1 Å². The van der Waals surface area contributed by atoms with E-state index in [2.05, 4.69) is 0 Å². The summed E-state index contributed by atoms with van der Waals surface area (Å²) in [5.41, 5.74) is 2.33. The zero-order valence-corrected chi connectivity index (χ0v) is 12.1. The molecule has 0 aromatic heterocycles. The van der Waals surface area contributed by atoms with Gasteiger partial charge in [-0.3, -0.25) is 10.1 Å². The highest BCUT2D eigenvalue weighted by atomic mass is 35.5. The summed E-state index contributed by atoms with van der Waals surface area (Å²) in [6.45, 7) is 4.05. The van der Waals surface area contributed by atoms with Crippen molar-refractivity contribution in [1.29, 1.82) is 0 Å². The Balaban J connectivity index is 2.40. The molecule has 98 valence electrons. The molecule has 0 aliphatic rings. The van der Waals surface area contributed by atoms with Gasteiger partial charge in [-0.05, 0) is 49.2 Å². The third-order valence-electron chi connectivity index (χ3n) is 2.84. The molecule has 5 heteroatoms. The molecule has 19 heavy (non-hydrogen) atoms. The third-order valence-corrected chi connectivity index (χ3v) is 4.18. The van der Waals surface area contributed by atoms with Gasteiger partial charge in [0.1, 0.15) is 5.02 Å². The van der Waals surface area contributed by atoms with Crippen LogP contribution < -0.4 is 0 Å². The number of aryl methyl sites for hydroxylation is 2. The maximum absolute atomic E-state index is 11.1. The smallest absolute Gasteiger partial charge is 0.258 e. The Kier molecular flexibility index (Phi) is 4.12. The van der Waals surface area contributed by atoms with E-state index in [-0.39, 0.29) is 10.7 Å². The molecule has 0 saturated heterocycles. The third kappa shape index (κ3) is 3.08. The Bertz CT molecular complexity index is 643. The minimum Gasteiger partial charge on any atom is -0.258 e. The maximum atomic E-state index is 11.1. The second-order valence-corrected chi connectivity index (χ2v) is 5.71. The van der Waals surface area contributed by atoms with Gasteiger partial charge in [0.05, 0.1) is 9.82 Å². The van der Waals surface area contributed by atoms with E-state index in [0.29, 0.717) is 4.90 Å². The lowest BCUT2D eigenvalue weighted by Crippen LogP contribution is -1.92. The van der Waals surface area contributed by atoms with Crippen molar-refractivity contribution in [3.05, 3.63) is 62.7 Å². The van der Waals surface area contributed by atoms with Crippen molar-refractivity contribution < 1.29 is 4.92 Å². The predicted octanol–water partition coefficient (Wildman–Crippen LogP) is 5.02. The summed E-state index contributed by atoms with van der Waals surface area (Å²) >= 11 is 7.25. The van der Waals surface area contributed by atoms with E-state index in [0.717, 1.165) is 10.5 Å². The van der Waals surface area contributed by atoms with Crippen LogP contribution in [0.15, 0.2) is 46.2 Å². The van der Waals surface area contributed by atoms with Gasteiger partial charge in [-0.15, -0.1) is 0 Å². The van der Waals surface area contributed by atoms with Crippen LogP contribution >= 0.6 is 23.4 Å². The second kappa shape index (κ2) is 5.63. The summed E-state index contributed by atoms with van der Waals surface area (Å²) in [7, 11) is 0. The Hall–Kier alpha value is -1.52. The fourth-order valence-corrected chi connectivity index (χ4v) is 3.01. The highest BCUT2D eigenvalue weighted by molar-refractivity contribution is 7.99. The van der Waals surface area contributed by atoms with Crippen LogP contribution in [0, 0.1) is 24.0 Å². The van der Waals surface area contributed by atoms with Crippen LogP contribution in [0.4, 0.5) is 5.69 Å². The number of halogens is 1. The minimum atomic E-state index is -0.439. The summed E-state index contributed by atoms with van der Waals surface area (Å²) in [5.74, 6) is 0. The molecule has 0 atom stereocenters. The lowest BCUT2D eigenvalue weighted by molar-refractivity contribution is -0.387. The molecule has 2 aromatic rings. The number of hydrogen-bond acceptors (Lipinski definition) is 3. The van der Waals surface area contributed by atoms with Crippen molar-refractivity contribution in [2.45, 2.75) is 23.6 Å². The molecule has 0 unspecified atom stereocenters. The highest BCUT2D eigenvalue weighted by Gasteiger charge is 2.19. The quantitative estimate of drug-likeness (QED) is 0.590. The van der Waals surface area contributed by atoms with Gasteiger partial charge >= 0.3 is 5.69 Å². The van der Waals surface area contributed by atoms with Gasteiger partial charge < -0.3 is 0 Å². The van der Waals surface area contributed by atoms with Gasteiger partial charge in [-0.2, -0.15) is 0 Å². The Morgan fingerprint density at radius 3 is 2.53 bits per heavy atom. The van der Waals surface area contributed by atoms with Gasteiger partial charge in [0.25, 0.3) is 0 Å². The summed E-state index contributed by atoms with van der Waals surface area (Å²) in [6.07, 6.45) is 0. The normalized spacial score (nSPS) is 10.5. The lowest BCUT2D eigenvalue weighted by atomic mass is 10.1. The summed E-state index contributed by atoms with van der Waals surface area (Å²) in [4.78, 5) is 12.1. The fourth-order valence-electron chi connectivity index (χ4n) is 1.66. The molecule has 0 bridgehead atoms. The molecule has 0 amide bonds. The van der Waals surface area contributed by atoms with Gasteiger partial charge in [-0.1, -0.05) is 35.5 Å². The molecule has 0 aliphatic heterocycles. The van der Waals surface area contributed by atoms with Crippen molar-refractivity contribution in [3.63, 3.8) is 0 Å². The monoisotopic (exact) mass is 293 g/mol. The molecule has 0 fully saturated rings. The Labute approximate surface area is 120 Å². The molecule has 0 saturated carbocycles. The zero-order valence-electron chi connectivity index (χ0n) is 10.5. The standard InChI is InChI=1S/C14H12ClNO2S/c1-9-6-7-11(8-10(9)2)19-13-5-3-4-12(15)14(13)16(17)18/h3-8H,1-2H3. The average Bonchev–Trinajstić information content (AvgIpc) is 2.33. The van der Waals surface area contributed by atoms with Crippen molar-refractivity contribution in [2.24, 2.45) is 0 Å².